The van der Waals surface area contributed by atoms with Crippen LogP contribution in [0, 0.1) is 6.92 Å². The smallest absolute Gasteiger partial charge is 0.214 e. The summed E-state index contributed by atoms with van der Waals surface area (Å²) in [6.07, 6.45) is 5.04. The van der Waals surface area contributed by atoms with Gasteiger partial charge in [0.25, 0.3) is 0 Å². The predicted octanol–water partition coefficient (Wildman–Crippen LogP) is 3.42. The minimum absolute atomic E-state index is 0.715. The van der Waals surface area contributed by atoms with Crippen molar-refractivity contribution in [3.05, 3.63) is 35.7 Å². The lowest BCUT2D eigenvalue weighted by Crippen LogP contribution is -2.28. The number of methoxy groups -OCH3 is 3. The van der Waals surface area contributed by atoms with E-state index in [2.05, 4.69) is 21.1 Å². The molecule has 0 saturated heterocycles. The molecular formula is C19H22N4O3S. The van der Waals surface area contributed by atoms with Gasteiger partial charge in [-0.2, -0.15) is 0 Å². The number of hydrogen-bond donors (Lipinski definition) is 0. The van der Waals surface area contributed by atoms with Gasteiger partial charge in [-0.25, -0.2) is 9.50 Å². The fraction of sp³-hybridized carbons (Fsp3) is 0.368. The highest BCUT2D eigenvalue weighted by atomic mass is 32.1. The molecule has 142 valence electrons. The van der Waals surface area contributed by atoms with Crippen LogP contribution in [0.25, 0.3) is 10.5 Å². The van der Waals surface area contributed by atoms with Crippen LogP contribution < -0.4 is 19.1 Å². The van der Waals surface area contributed by atoms with Gasteiger partial charge in [0, 0.05) is 25.2 Å². The summed E-state index contributed by atoms with van der Waals surface area (Å²) < 4.78 is 18.4. The molecule has 0 bridgehead atoms. The first-order valence-corrected chi connectivity index (χ1v) is 9.51. The molecule has 1 aromatic carbocycles. The summed E-state index contributed by atoms with van der Waals surface area (Å²) in [5.41, 5.74) is 3.18. The molecule has 0 saturated carbocycles. The molecule has 1 aliphatic heterocycles. The number of aromatic nitrogens is 3. The number of imidazole rings is 1. The average molecular weight is 386 g/mol. The van der Waals surface area contributed by atoms with Crippen molar-refractivity contribution in [2.24, 2.45) is 0 Å². The largest absolute Gasteiger partial charge is 0.496 e. The lowest BCUT2D eigenvalue weighted by molar-refractivity contribution is 0.373. The first kappa shape index (κ1) is 17.7. The number of anilines is 1. The maximum Gasteiger partial charge on any atom is 0.214 e. The Morgan fingerprint density at radius 1 is 1.07 bits per heavy atom. The van der Waals surface area contributed by atoms with Crippen molar-refractivity contribution in [3.8, 4) is 17.2 Å². The molecule has 2 aromatic heterocycles. The van der Waals surface area contributed by atoms with E-state index in [1.807, 2.05) is 29.8 Å². The van der Waals surface area contributed by atoms with Crippen molar-refractivity contribution in [3.63, 3.8) is 0 Å². The third-order valence-electron chi connectivity index (χ3n) is 4.67. The highest BCUT2D eigenvalue weighted by Crippen LogP contribution is 2.41. The number of nitrogens with zero attached hydrogens (tertiary/aromatic N) is 4. The van der Waals surface area contributed by atoms with Crippen molar-refractivity contribution in [2.75, 3.05) is 39.3 Å². The van der Waals surface area contributed by atoms with Gasteiger partial charge < -0.3 is 19.1 Å². The van der Waals surface area contributed by atoms with Crippen molar-refractivity contribution in [1.82, 2.24) is 14.6 Å². The molecule has 0 atom stereocenters. The van der Waals surface area contributed by atoms with Crippen LogP contribution in [0.3, 0.4) is 0 Å². The molecule has 0 N–H and O–H groups in total. The molecule has 7 nitrogen and oxygen atoms in total. The van der Waals surface area contributed by atoms with E-state index in [1.54, 1.807) is 32.7 Å². The number of rotatable bonds is 5. The van der Waals surface area contributed by atoms with Gasteiger partial charge in [0.1, 0.15) is 17.2 Å². The van der Waals surface area contributed by atoms with Crippen LogP contribution in [0.5, 0.6) is 17.2 Å². The fourth-order valence-electron chi connectivity index (χ4n) is 3.32. The summed E-state index contributed by atoms with van der Waals surface area (Å²) in [5.74, 6) is 2.23. The zero-order valence-electron chi connectivity index (χ0n) is 15.9. The molecule has 8 heteroatoms. The number of aryl methyl sites for hydroxylation is 1. The van der Waals surface area contributed by atoms with Gasteiger partial charge in [0.2, 0.25) is 10.1 Å². The Hall–Kier alpha value is -2.74. The van der Waals surface area contributed by atoms with Crippen LogP contribution in [-0.2, 0) is 0 Å². The molecule has 4 rings (SSSR count). The Balaban J connectivity index is 1.62. The third kappa shape index (κ3) is 3.21. The molecule has 0 unspecified atom stereocenters. The molecule has 27 heavy (non-hydrogen) atoms. The van der Waals surface area contributed by atoms with Crippen molar-refractivity contribution < 1.29 is 14.2 Å². The molecular weight excluding hydrogens is 364 g/mol. The quantitative estimate of drug-likeness (QED) is 0.670. The third-order valence-corrected chi connectivity index (χ3v) is 5.65. The minimum Gasteiger partial charge on any atom is -0.496 e. The first-order valence-electron chi connectivity index (χ1n) is 8.70. The van der Waals surface area contributed by atoms with E-state index in [1.165, 1.54) is 5.57 Å². The zero-order valence-corrected chi connectivity index (χ0v) is 16.7. The summed E-state index contributed by atoms with van der Waals surface area (Å²) >= 11 is 1.61. The Morgan fingerprint density at radius 3 is 2.37 bits per heavy atom. The lowest BCUT2D eigenvalue weighted by Gasteiger charge is -2.27. The minimum atomic E-state index is 0.715. The number of benzene rings is 1. The summed E-state index contributed by atoms with van der Waals surface area (Å²) in [6, 6.07) is 3.78. The van der Waals surface area contributed by atoms with Crippen molar-refractivity contribution in [2.45, 2.75) is 13.3 Å². The van der Waals surface area contributed by atoms with E-state index < -0.39 is 0 Å². The van der Waals surface area contributed by atoms with Crippen LogP contribution in [0.2, 0.25) is 0 Å². The topological polar surface area (TPSA) is 61.1 Å². The monoisotopic (exact) mass is 386 g/mol. The van der Waals surface area contributed by atoms with E-state index in [0.29, 0.717) is 5.75 Å². The SMILES string of the molecule is COc1cc(OC)c(C2=CCN(c3nn4cc(C)nc4s3)CC2)c(OC)c1. The molecule has 0 fully saturated rings. The molecule has 3 aromatic rings. The average Bonchev–Trinajstić information content (AvgIpc) is 3.24. The maximum absolute atomic E-state index is 5.60. The normalized spacial score (nSPS) is 14.4. The summed E-state index contributed by atoms with van der Waals surface area (Å²) in [5, 5.41) is 5.64. The van der Waals surface area contributed by atoms with Gasteiger partial charge in [-0.1, -0.05) is 17.4 Å². The summed E-state index contributed by atoms with van der Waals surface area (Å²) in [6.45, 7) is 3.63. The molecule has 0 aliphatic carbocycles. The van der Waals surface area contributed by atoms with Crippen LogP contribution in [0.4, 0.5) is 5.13 Å². The second-order valence-corrected chi connectivity index (χ2v) is 7.26. The maximum atomic E-state index is 5.60. The van der Waals surface area contributed by atoms with E-state index >= 15 is 0 Å². The number of hydrogen-bond acceptors (Lipinski definition) is 7. The molecule has 0 amide bonds. The van der Waals surface area contributed by atoms with Gasteiger partial charge in [-0.05, 0) is 18.9 Å². The van der Waals surface area contributed by atoms with E-state index in [9.17, 15) is 0 Å². The Bertz CT molecular complexity index is 951. The van der Waals surface area contributed by atoms with Gasteiger partial charge in [-0.15, -0.1) is 5.10 Å². The van der Waals surface area contributed by atoms with Crippen LogP contribution in [0.15, 0.2) is 24.4 Å². The molecule has 0 radical (unpaired) electrons. The summed E-state index contributed by atoms with van der Waals surface area (Å²) in [7, 11) is 4.97. The highest BCUT2D eigenvalue weighted by Gasteiger charge is 2.22. The van der Waals surface area contributed by atoms with Crippen LogP contribution >= 0.6 is 11.3 Å². The second kappa shape index (κ2) is 7.11. The summed E-state index contributed by atoms with van der Waals surface area (Å²) in [4.78, 5) is 7.68. The first-order chi connectivity index (χ1) is 13.1. The predicted molar refractivity (Wildman–Crippen MR) is 107 cm³/mol. The Morgan fingerprint density at radius 2 is 1.81 bits per heavy atom. The Labute approximate surface area is 161 Å². The van der Waals surface area contributed by atoms with Gasteiger partial charge in [0.05, 0.1) is 38.8 Å². The number of ether oxygens (including phenoxy) is 3. The molecule has 0 spiro atoms. The van der Waals surface area contributed by atoms with Crippen molar-refractivity contribution >= 4 is 27.0 Å². The van der Waals surface area contributed by atoms with Gasteiger partial charge >= 0.3 is 0 Å². The fourth-order valence-corrected chi connectivity index (χ4v) is 4.28. The van der Waals surface area contributed by atoms with E-state index in [4.69, 9.17) is 14.2 Å². The standard InChI is InChI=1S/C19H22N4O3S/c1-12-11-23-18(20-12)27-19(21-23)22-7-5-13(6-8-22)17-15(25-3)9-14(24-2)10-16(17)26-4/h5,9-11H,6-8H2,1-4H3. The van der Waals surface area contributed by atoms with E-state index in [-0.39, 0.29) is 0 Å². The Kier molecular flexibility index (Phi) is 4.65. The zero-order chi connectivity index (χ0) is 19.0. The molecule has 3 heterocycles. The highest BCUT2D eigenvalue weighted by molar-refractivity contribution is 7.20. The van der Waals surface area contributed by atoms with Crippen molar-refractivity contribution in [1.29, 1.82) is 0 Å². The second-order valence-electron chi connectivity index (χ2n) is 6.33. The van der Waals surface area contributed by atoms with Gasteiger partial charge in [0.15, 0.2) is 0 Å². The van der Waals surface area contributed by atoms with Gasteiger partial charge in [-0.3, -0.25) is 0 Å². The number of fused-ring (bicyclic) bond motifs is 1. The van der Waals surface area contributed by atoms with Crippen LogP contribution in [-0.4, -0.2) is 49.0 Å². The van der Waals surface area contributed by atoms with E-state index in [0.717, 1.165) is 52.4 Å². The van der Waals surface area contributed by atoms with Crippen LogP contribution in [0.1, 0.15) is 17.7 Å². The lowest BCUT2D eigenvalue weighted by atomic mass is 9.97. The molecule has 1 aliphatic rings.